The summed E-state index contributed by atoms with van der Waals surface area (Å²) in [4.78, 5) is 15.9. The molecule has 2 aromatic rings. The number of pyridine rings is 1. The van der Waals surface area contributed by atoms with Gasteiger partial charge in [-0.05, 0) is 42.1 Å². The molecule has 0 aliphatic heterocycles. The number of aromatic nitrogens is 1. The zero-order chi connectivity index (χ0) is 15.2. The molecular formula is C14H9F2N3OS. The number of hydrogen-bond acceptors (Lipinski definition) is 4. The van der Waals surface area contributed by atoms with Gasteiger partial charge in [-0.15, -0.1) is 0 Å². The molecule has 0 aliphatic carbocycles. The summed E-state index contributed by atoms with van der Waals surface area (Å²) in [6.07, 6.45) is 1.35. The highest BCUT2D eigenvalue weighted by atomic mass is 32.2. The maximum Gasteiger partial charge on any atom is 0.290 e. The van der Waals surface area contributed by atoms with Gasteiger partial charge < -0.3 is 5.32 Å². The van der Waals surface area contributed by atoms with Crippen LogP contribution in [0.5, 0.6) is 0 Å². The molecule has 0 radical (unpaired) electrons. The average molecular weight is 305 g/mol. The lowest BCUT2D eigenvalue weighted by atomic mass is 10.2. The van der Waals surface area contributed by atoms with Crippen LogP contribution in [0, 0.1) is 11.3 Å². The second kappa shape index (κ2) is 6.81. The quantitative estimate of drug-likeness (QED) is 0.878. The maximum atomic E-state index is 12.4. The van der Waals surface area contributed by atoms with E-state index in [4.69, 9.17) is 5.26 Å². The normalized spacial score (nSPS) is 10.2. The summed E-state index contributed by atoms with van der Waals surface area (Å²) in [6, 6.07) is 11.2. The standard InChI is InChI=1S/C14H9F2N3OS/c15-14(16)21-13-11(5-2-6-18-13)12(20)19-10-4-1-3-9(7-10)8-17/h1-7,14H,(H,19,20). The largest absolute Gasteiger partial charge is 0.322 e. The van der Waals surface area contributed by atoms with Gasteiger partial charge in [-0.2, -0.15) is 14.0 Å². The minimum absolute atomic E-state index is 0.0403. The molecule has 21 heavy (non-hydrogen) atoms. The fraction of sp³-hybridized carbons (Fsp3) is 0.0714. The van der Waals surface area contributed by atoms with E-state index in [1.54, 1.807) is 18.2 Å². The average Bonchev–Trinajstić information content (AvgIpc) is 2.47. The van der Waals surface area contributed by atoms with Gasteiger partial charge in [0.1, 0.15) is 5.03 Å². The number of rotatable bonds is 4. The number of hydrogen-bond donors (Lipinski definition) is 1. The first kappa shape index (κ1) is 14.9. The van der Waals surface area contributed by atoms with Gasteiger partial charge in [-0.1, -0.05) is 6.07 Å². The molecule has 0 saturated heterocycles. The van der Waals surface area contributed by atoms with Crippen molar-refractivity contribution >= 4 is 23.4 Å². The Morgan fingerprint density at radius 1 is 1.33 bits per heavy atom. The molecule has 2 rings (SSSR count). The molecule has 1 aromatic carbocycles. The molecule has 7 heteroatoms. The van der Waals surface area contributed by atoms with Crippen molar-refractivity contribution in [1.82, 2.24) is 4.98 Å². The number of nitrogens with zero attached hydrogens (tertiary/aromatic N) is 2. The van der Waals surface area contributed by atoms with Gasteiger partial charge in [0.2, 0.25) is 0 Å². The lowest BCUT2D eigenvalue weighted by Gasteiger charge is -2.08. The van der Waals surface area contributed by atoms with E-state index < -0.39 is 11.7 Å². The molecule has 1 N–H and O–H groups in total. The Morgan fingerprint density at radius 3 is 2.86 bits per heavy atom. The topological polar surface area (TPSA) is 65.8 Å². The fourth-order valence-electron chi connectivity index (χ4n) is 1.61. The Morgan fingerprint density at radius 2 is 2.14 bits per heavy atom. The maximum absolute atomic E-state index is 12.4. The highest BCUT2D eigenvalue weighted by molar-refractivity contribution is 7.99. The highest BCUT2D eigenvalue weighted by Crippen LogP contribution is 2.26. The minimum atomic E-state index is -2.66. The van der Waals surface area contributed by atoms with Crippen LogP contribution in [0.25, 0.3) is 0 Å². The van der Waals surface area contributed by atoms with Gasteiger partial charge in [0.25, 0.3) is 11.7 Å². The summed E-state index contributed by atoms with van der Waals surface area (Å²) < 4.78 is 24.9. The van der Waals surface area contributed by atoms with Crippen LogP contribution in [-0.2, 0) is 0 Å². The molecular weight excluding hydrogens is 296 g/mol. The van der Waals surface area contributed by atoms with E-state index in [2.05, 4.69) is 10.3 Å². The van der Waals surface area contributed by atoms with E-state index in [-0.39, 0.29) is 22.4 Å². The lowest BCUT2D eigenvalue weighted by molar-refractivity contribution is 0.102. The first-order valence-electron chi connectivity index (χ1n) is 5.81. The first-order valence-corrected chi connectivity index (χ1v) is 6.69. The number of carbonyl (C=O) groups is 1. The second-order valence-electron chi connectivity index (χ2n) is 3.88. The number of amides is 1. The van der Waals surface area contributed by atoms with Gasteiger partial charge in [0.15, 0.2) is 0 Å². The Kier molecular flexibility index (Phi) is 4.85. The van der Waals surface area contributed by atoms with Crippen molar-refractivity contribution in [3.8, 4) is 6.07 Å². The van der Waals surface area contributed by atoms with Crippen LogP contribution in [0.15, 0.2) is 47.6 Å². The third kappa shape index (κ3) is 4.00. The Balaban J connectivity index is 2.22. The summed E-state index contributed by atoms with van der Waals surface area (Å²) in [6.45, 7) is 0. The number of anilines is 1. The molecule has 0 atom stereocenters. The number of alkyl halides is 2. The van der Waals surface area contributed by atoms with Crippen molar-refractivity contribution in [2.24, 2.45) is 0 Å². The van der Waals surface area contributed by atoms with Crippen molar-refractivity contribution in [3.63, 3.8) is 0 Å². The first-order chi connectivity index (χ1) is 10.1. The number of halogens is 2. The molecule has 0 bridgehead atoms. The predicted molar refractivity (Wildman–Crippen MR) is 75.2 cm³/mol. The molecule has 4 nitrogen and oxygen atoms in total. The van der Waals surface area contributed by atoms with Crippen LogP contribution < -0.4 is 5.32 Å². The van der Waals surface area contributed by atoms with Crippen LogP contribution in [0.4, 0.5) is 14.5 Å². The van der Waals surface area contributed by atoms with E-state index in [0.29, 0.717) is 11.3 Å². The van der Waals surface area contributed by atoms with Gasteiger partial charge in [-0.25, -0.2) is 4.98 Å². The fourth-order valence-corrected chi connectivity index (χ4v) is 2.19. The number of nitriles is 1. The Bertz CT molecular complexity index is 701. The van der Waals surface area contributed by atoms with Crippen molar-refractivity contribution < 1.29 is 13.6 Å². The lowest BCUT2D eigenvalue weighted by Crippen LogP contribution is -2.14. The summed E-state index contributed by atoms with van der Waals surface area (Å²) >= 11 is 0.214. The van der Waals surface area contributed by atoms with E-state index in [0.717, 1.165) is 0 Å². The summed E-state index contributed by atoms with van der Waals surface area (Å²) in [5.41, 5.74) is 0.863. The number of carbonyl (C=O) groups excluding carboxylic acids is 1. The SMILES string of the molecule is N#Cc1cccc(NC(=O)c2cccnc2SC(F)F)c1. The molecule has 0 unspecified atom stereocenters. The zero-order valence-electron chi connectivity index (χ0n) is 10.6. The monoisotopic (exact) mass is 305 g/mol. The zero-order valence-corrected chi connectivity index (χ0v) is 11.4. The molecule has 1 aromatic heterocycles. The third-order valence-electron chi connectivity index (χ3n) is 2.47. The molecule has 0 spiro atoms. The third-order valence-corrected chi connectivity index (χ3v) is 3.19. The number of benzene rings is 1. The van der Waals surface area contributed by atoms with E-state index in [1.807, 2.05) is 6.07 Å². The summed E-state index contributed by atoms with van der Waals surface area (Å²) in [5, 5.41) is 11.3. The Labute approximate surface area is 123 Å². The molecule has 0 aliphatic rings. The number of nitrogens with one attached hydrogen (secondary N) is 1. The van der Waals surface area contributed by atoms with Crippen molar-refractivity contribution in [3.05, 3.63) is 53.7 Å². The Hall–Kier alpha value is -2.46. The summed E-state index contributed by atoms with van der Waals surface area (Å²) in [7, 11) is 0. The molecule has 1 heterocycles. The van der Waals surface area contributed by atoms with Crippen LogP contribution in [0.1, 0.15) is 15.9 Å². The molecule has 1 amide bonds. The highest BCUT2D eigenvalue weighted by Gasteiger charge is 2.16. The second-order valence-corrected chi connectivity index (χ2v) is 4.86. The summed E-state index contributed by atoms with van der Waals surface area (Å²) in [5.74, 6) is -3.21. The van der Waals surface area contributed by atoms with Gasteiger partial charge in [-0.3, -0.25) is 4.79 Å². The number of thioether (sulfide) groups is 1. The van der Waals surface area contributed by atoms with Gasteiger partial charge >= 0.3 is 0 Å². The smallest absolute Gasteiger partial charge is 0.290 e. The minimum Gasteiger partial charge on any atom is -0.322 e. The van der Waals surface area contributed by atoms with Gasteiger partial charge in [0.05, 0.1) is 17.2 Å². The van der Waals surface area contributed by atoms with Crippen LogP contribution in [0.2, 0.25) is 0 Å². The molecule has 0 saturated carbocycles. The van der Waals surface area contributed by atoms with Crippen LogP contribution in [-0.4, -0.2) is 16.6 Å². The van der Waals surface area contributed by atoms with Gasteiger partial charge in [0, 0.05) is 11.9 Å². The predicted octanol–water partition coefficient (Wildman–Crippen LogP) is 3.52. The van der Waals surface area contributed by atoms with Crippen LogP contribution >= 0.6 is 11.8 Å². The van der Waals surface area contributed by atoms with Crippen molar-refractivity contribution in [2.45, 2.75) is 10.8 Å². The van der Waals surface area contributed by atoms with E-state index in [1.165, 1.54) is 24.4 Å². The van der Waals surface area contributed by atoms with Crippen molar-refractivity contribution in [2.75, 3.05) is 5.32 Å². The molecule has 0 fully saturated rings. The van der Waals surface area contributed by atoms with E-state index >= 15 is 0 Å². The van der Waals surface area contributed by atoms with Crippen molar-refractivity contribution in [1.29, 1.82) is 5.26 Å². The molecule has 106 valence electrons. The van der Waals surface area contributed by atoms with Crippen LogP contribution in [0.3, 0.4) is 0 Å². The van der Waals surface area contributed by atoms with E-state index in [9.17, 15) is 13.6 Å².